The molecule has 1 N–H and O–H groups in total. The van der Waals surface area contributed by atoms with Gasteiger partial charge in [0, 0.05) is 13.1 Å². The fourth-order valence-corrected chi connectivity index (χ4v) is 2.04. The molecule has 0 aliphatic rings. The third-order valence-electron chi connectivity index (χ3n) is 3.03. The average Bonchev–Trinajstić information content (AvgIpc) is 2.99. The van der Waals surface area contributed by atoms with Crippen LogP contribution in [-0.4, -0.2) is 29.5 Å². The molecule has 2 rings (SSSR count). The monoisotopic (exact) mass is 279 g/mol. The highest BCUT2D eigenvalue weighted by atomic mass is 16.6. The van der Waals surface area contributed by atoms with Crippen LogP contribution in [-0.2, 0) is 19.6 Å². The molecule has 0 unspecified atom stereocenters. The van der Waals surface area contributed by atoms with Crippen molar-refractivity contribution in [1.82, 2.24) is 24.5 Å². The van der Waals surface area contributed by atoms with Gasteiger partial charge in [0.15, 0.2) is 5.82 Å². The molecule has 0 fully saturated rings. The van der Waals surface area contributed by atoms with Crippen LogP contribution in [0.3, 0.4) is 0 Å². The summed E-state index contributed by atoms with van der Waals surface area (Å²) in [5.41, 5.74) is 0.408. The molecule has 2 heterocycles. The lowest BCUT2D eigenvalue weighted by atomic mass is 10.4. The van der Waals surface area contributed by atoms with E-state index in [2.05, 4.69) is 20.6 Å². The standard InChI is InChI=1S/C11H17N7O2/c1-4-16-7-13-14-9(16)6-12-11-10(18(19)20)8(3)15-17(11)5-2/h7,12H,4-6H2,1-3H3. The van der Waals surface area contributed by atoms with Gasteiger partial charge in [-0.25, -0.2) is 4.68 Å². The van der Waals surface area contributed by atoms with E-state index < -0.39 is 4.92 Å². The van der Waals surface area contributed by atoms with Crippen LogP contribution in [0.2, 0.25) is 0 Å². The molecular weight excluding hydrogens is 262 g/mol. The van der Waals surface area contributed by atoms with Crippen LogP contribution in [0.5, 0.6) is 0 Å². The highest BCUT2D eigenvalue weighted by Crippen LogP contribution is 2.28. The number of nitrogens with zero attached hydrogens (tertiary/aromatic N) is 6. The molecule has 0 atom stereocenters. The van der Waals surface area contributed by atoms with Crippen molar-refractivity contribution in [2.45, 2.75) is 40.4 Å². The number of hydrogen-bond acceptors (Lipinski definition) is 6. The maximum Gasteiger partial charge on any atom is 0.333 e. The SMILES string of the molecule is CCn1cnnc1CNc1c([N+](=O)[O-])c(C)nn1CC. The van der Waals surface area contributed by atoms with Crippen LogP contribution >= 0.6 is 0 Å². The zero-order chi connectivity index (χ0) is 14.7. The maximum absolute atomic E-state index is 11.1. The summed E-state index contributed by atoms with van der Waals surface area (Å²) >= 11 is 0. The first-order valence-corrected chi connectivity index (χ1v) is 6.40. The fraction of sp³-hybridized carbons (Fsp3) is 0.545. The van der Waals surface area contributed by atoms with E-state index in [1.807, 2.05) is 18.4 Å². The lowest BCUT2D eigenvalue weighted by Gasteiger charge is -2.08. The molecule has 9 nitrogen and oxygen atoms in total. The number of hydrogen-bond donors (Lipinski definition) is 1. The van der Waals surface area contributed by atoms with Crippen molar-refractivity contribution in [3.8, 4) is 0 Å². The molecule has 2 aromatic rings. The third kappa shape index (κ3) is 2.46. The molecule has 0 amide bonds. The molecular formula is C11H17N7O2. The van der Waals surface area contributed by atoms with Crippen molar-refractivity contribution in [3.63, 3.8) is 0 Å². The normalized spacial score (nSPS) is 10.8. The van der Waals surface area contributed by atoms with Gasteiger partial charge >= 0.3 is 5.69 Å². The summed E-state index contributed by atoms with van der Waals surface area (Å²) in [5.74, 6) is 1.13. The van der Waals surface area contributed by atoms with Crippen LogP contribution in [0.4, 0.5) is 11.5 Å². The number of aromatic nitrogens is 5. The van der Waals surface area contributed by atoms with Gasteiger partial charge in [-0.05, 0) is 20.8 Å². The first-order chi connectivity index (χ1) is 9.58. The van der Waals surface area contributed by atoms with Gasteiger partial charge in [-0.1, -0.05) is 0 Å². The van der Waals surface area contributed by atoms with E-state index in [1.165, 1.54) is 0 Å². The molecule has 0 saturated heterocycles. The first-order valence-electron chi connectivity index (χ1n) is 6.40. The summed E-state index contributed by atoms with van der Waals surface area (Å²) in [6, 6.07) is 0. The van der Waals surface area contributed by atoms with Crippen LogP contribution in [0.1, 0.15) is 25.4 Å². The van der Waals surface area contributed by atoms with Gasteiger partial charge in [-0.15, -0.1) is 10.2 Å². The quantitative estimate of drug-likeness (QED) is 0.632. The van der Waals surface area contributed by atoms with E-state index in [1.54, 1.807) is 17.9 Å². The van der Waals surface area contributed by atoms with Crippen LogP contribution in [0.25, 0.3) is 0 Å². The number of nitro groups is 1. The molecule has 0 aliphatic heterocycles. The van der Waals surface area contributed by atoms with Crippen molar-refractivity contribution in [2.75, 3.05) is 5.32 Å². The highest BCUT2D eigenvalue weighted by molar-refractivity contribution is 5.59. The Hall–Kier alpha value is -2.45. The van der Waals surface area contributed by atoms with Crippen molar-refractivity contribution < 1.29 is 4.92 Å². The molecule has 0 bridgehead atoms. The summed E-state index contributed by atoms with van der Waals surface area (Å²) in [6.07, 6.45) is 1.63. The van der Waals surface area contributed by atoms with E-state index in [-0.39, 0.29) is 5.69 Å². The molecule has 0 saturated carbocycles. The van der Waals surface area contributed by atoms with Crippen LogP contribution in [0, 0.1) is 17.0 Å². The second kappa shape index (κ2) is 5.68. The summed E-state index contributed by atoms with van der Waals surface area (Å²) in [6.45, 7) is 7.16. The number of aryl methyl sites for hydroxylation is 3. The summed E-state index contributed by atoms with van der Waals surface area (Å²) in [4.78, 5) is 10.7. The van der Waals surface area contributed by atoms with Crippen molar-refractivity contribution in [1.29, 1.82) is 0 Å². The lowest BCUT2D eigenvalue weighted by Crippen LogP contribution is -2.12. The second-order valence-corrected chi connectivity index (χ2v) is 4.24. The topological polar surface area (TPSA) is 104 Å². The Morgan fingerprint density at radius 1 is 1.40 bits per heavy atom. The van der Waals surface area contributed by atoms with E-state index in [4.69, 9.17) is 0 Å². The predicted molar refractivity (Wildman–Crippen MR) is 72.3 cm³/mol. The number of rotatable bonds is 6. The Morgan fingerprint density at radius 2 is 2.15 bits per heavy atom. The highest BCUT2D eigenvalue weighted by Gasteiger charge is 2.24. The minimum atomic E-state index is -0.415. The Bertz CT molecular complexity index is 616. The maximum atomic E-state index is 11.1. The zero-order valence-corrected chi connectivity index (χ0v) is 11.7. The largest absolute Gasteiger partial charge is 0.357 e. The number of nitrogens with one attached hydrogen (secondary N) is 1. The van der Waals surface area contributed by atoms with Gasteiger partial charge in [0.2, 0.25) is 5.82 Å². The van der Waals surface area contributed by atoms with Gasteiger partial charge in [0.25, 0.3) is 0 Å². The lowest BCUT2D eigenvalue weighted by molar-refractivity contribution is -0.384. The molecule has 0 radical (unpaired) electrons. The van der Waals surface area contributed by atoms with E-state index in [9.17, 15) is 10.1 Å². The first kappa shape index (κ1) is 14.0. The van der Waals surface area contributed by atoms with Gasteiger partial charge in [-0.2, -0.15) is 5.10 Å². The molecule has 9 heteroatoms. The van der Waals surface area contributed by atoms with Crippen molar-refractivity contribution in [3.05, 3.63) is 28.0 Å². The molecule has 108 valence electrons. The van der Waals surface area contributed by atoms with Crippen LogP contribution < -0.4 is 5.32 Å². The van der Waals surface area contributed by atoms with Gasteiger partial charge in [0.1, 0.15) is 12.0 Å². The van der Waals surface area contributed by atoms with Gasteiger partial charge in [-0.3, -0.25) is 10.1 Å². The van der Waals surface area contributed by atoms with Crippen molar-refractivity contribution in [2.24, 2.45) is 0 Å². The van der Waals surface area contributed by atoms with E-state index in [0.717, 1.165) is 12.4 Å². The Kier molecular flexibility index (Phi) is 3.97. The molecule has 2 aromatic heterocycles. The molecule has 0 spiro atoms. The smallest absolute Gasteiger partial charge is 0.333 e. The van der Waals surface area contributed by atoms with Gasteiger partial charge in [0.05, 0.1) is 11.5 Å². The van der Waals surface area contributed by atoms with Crippen molar-refractivity contribution >= 4 is 11.5 Å². The summed E-state index contributed by atoms with van der Waals surface area (Å²) in [7, 11) is 0. The van der Waals surface area contributed by atoms with Gasteiger partial charge < -0.3 is 9.88 Å². The van der Waals surface area contributed by atoms with E-state index in [0.29, 0.717) is 24.6 Å². The molecule has 0 aromatic carbocycles. The predicted octanol–water partition coefficient (Wildman–Crippen LogP) is 1.34. The minimum absolute atomic E-state index is 0.00872. The minimum Gasteiger partial charge on any atom is -0.357 e. The fourth-order valence-electron chi connectivity index (χ4n) is 2.04. The average molecular weight is 279 g/mol. The Balaban J connectivity index is 2.26. The molecule has 20 heavy (non-hydrogen) atoms. The van der Waals surface area contributed by atoms with E-state index >= 15 is 0 Å². The Morgan fingerprint density at radius 3 is 2.75 bits per heavy atom. The Labute approximate surface area is 115 Å². The number of anilines is 1. The summed E-state index contributed by atoms with van der Waals surface area (Å²) in [5, 5.41) is 26.2. The summed E-state index contributed by atoms with van der Waals surface area (Å²) < 4.78 is 3.46. The third-order valence-corrected chi connectivity index (χ3v) is 3.03. The van der Waals surface area contributed by atoms with Crippen LogP contribution in [0.15, 0.2) is 6.33 Å². The molecule has 0 aliphatic carbocycles. The zero-order valence-electron chi connectivity index (χ0n) is 11.7. The second-order valence-electron chi connectivity index (χ2n) is 4.24.